The fraction of sp³-hybridized carbons (Fsp3) is 0.478. The summed E-state index contributed by atoms with van der Waals surface area (Å²) in [5.41, 5.74) is 4.85. The van der Waals surface area contributed by atoms with Crippen LogP contribution in [0.15, 0.2) is 48.5 Å². The molecule has 2 aromatic carbocycles. The summed E-state index contributed by atoms with van der Waals surface area (Å²) in [5, 5.41) is 0. The molecule has 0 aromatic heterocycles. The summed E-state index contributed by atoms with van der Waals surface area (Å²) >= 11 is 0. The Bertz CT molecular complexity index is 708. The van der Waals surface area contributed by atoms with Crippen LogP contribution in [0.3, 0.4) is 0 Å². The molecule has 0 atom stereocenters. The van der Waals surface area contributed by atoms with Crippen molar-refractivity contribution >= 4 is 0 Å². The smallest absolute Gasteiger partial charge is 0.118 e. The second kappa shape index (κ2) is 5.37. The van der Waals surface area contributed by atoms with Gasteiger partial charge < -0.3 is 4.74 Å². The predicted molar refractivity (Wildman–Crippen MR) is 98.3 cm³/mol. The lowest BCUT2D eigenvalue weighted by atomic mass is 9.47. The van der Waals surface area contributed by atoms with Gasteiger partial charge in [-0.15, -0.1) is 0 Å². The molecule has 6 rings (SSSR count). The van der Waals surface area contributed by atoms with Crippen LogP contribution in [-0.2, 0) is 5.41 Å². The molecule has 124 valence electrons. The molecule has 1 nitrogen and oxygen atoms in total. The normalized spacial score (nSPS) is 33.6. The molecule has 0 saturated heterocycles. The third-order valence-electron chi connectivity index (χ3n) is 6.94. The second-order valence-electron chi connectivity index (χ2n) is 8.47. The maximum absolute atomic E-state index is 5.34. The zero-order valence-electron chi connectivity index (χ0n) is 14.5. The lowest BCUT2D eigenvalue weighted by Gasteiger charge is -2.57. The van der Waals surface area contributed by atoms with Crippen molar-refractivity contribution in [2.45, 2.75) is 43.9 Å². The second-order valence-corrected chi connectivity index (χ2v) is 8.47. The summed E-state index contributed by atoms with van der Waals surface area (Å²) in [4.78, 5) is 0. The SMILES string of the molecule is COc1ccc(-c2ccccc2C23CC4CC(CC(C4)C2)C3)cc1. The van der Waals surface area contributed by atoms with Crippen molar-refractivity contribution in [1.82, 2.24) is 0 Å². The van der Waals surface area contributed by atoms with Crippen molar-refractivity contribution in [3.8, 4) is 16.9 Å². The van der Waals surface area contributed by atoms with E-state index in [0.29, 0.717) is 5.41 Å². The zero-order chi connectivity index (χ0) is 16.1. The Labute approximate surface area is 145 Å². The fourth-order valence-corrected chi connectivity index (χ4v) is 6.41. The molecule has 4 saturated carbocycles. The van der Waals surface area contributed by atoms with Crippen molar-refractivity contribution < 1.29 is 4.74 Å². The Morgan fingerprint density at radius 3 is 1.96 bits per heavy atom. The molecule has 1 heteroatoms. The van der Waals surface area contributed by atoms with Crippen LogP contribution in [0.25, 0.3) is 11.1 Å². The van der Waals surface area contributed by atoms with E-state index in [0.717, 1.165) is 23.5 Å². The quantitative estimate of drug-likeness (QED) is 0.692. The number of rotatable bonds is 3. The highest BCUT2D eigenvalue weighted by molar-refractivity contribution is 5.69. The first-order valence-corrected chi connectivity index (χ1v) is 9.50. The molecule has 0 unspecified atom stereocenters. The van der Waals surface area contributed by atoms with Gasteiger partial charge in [0.25, 0.3) is 0 Å². The van der Waals surface area contributed by atoms with Gasteiger partial charge in [-0.25, -0.2) is 0 Å². The number of hydrogen-bond acceptors (Lipinski definition) is 1. The molecule has 0 amide bonds. The van der Waals surface area contributed by atoms with Crippen LogP contribution in [0.4, 0.5) is 0 Å². The standard InChI is InChI=1S/C23H26O/c1-24-20-8-6-19(7-9-20)21-4-2-3-5-22(21)23-13-16-10-17(14-23)12-18(11-16)15-23/h2-9,16-18H,10-15H2,1H3. The molecule has 0 radical (unpaired) electrons. The summed E-state index contributed by atoms with van der Waals surface area (Å²) in [5.74, 6) is 3.89. The van der Waals surface area contributed by atoms with Gasteiger partial charge in [0, 0.05) is 0 Å². The Hall–Kier alpha value is -1.76. The van der Waals surface area contributed by atoms with Crippen LogP contribution in [0.1, 0.15) is 44.1 Å². The third-order valence-corrected chi connectivity index (χ3v) is 6.94. The summed E-state index contributed by atoms with van der Waals surface area (Å²) in [6.07, 6.45) is 8.78. The summed E-state index contributed by atoms with van der Waals surface area (Å²) in [6, 6.07) is 17.8. The molecule has 4 bridgehead atoms. The molecule has 24 heavy (non-hydrogen) atoms. The average Bonchev–Trinajstić information content (AvgIpc) is 2.61. The lowest BCUT2D eigenvalue weighted by molar-refractivity contribution is -0.00492. The van der Waals surface area contributed by atoms with Crippen LogP contribution in [0, 0.1) is 17.8 Å². The first-order chi connectivity index (χ1) is 11.8. The van der Waals surface area contributed by atoms with Crippen molar-refractivity contribution in [3.63, 3.8) is 0 Å². The van der Waals surface area contributed by atoms with Crippen LogP contribution in [0.2, 0.25) is 0 Å². The fourth-order valence-electron chi connectivity index (χ4n) is 6.41. The molecular weight excluding hydrogens is 292 g/mol. The number of ether oxygens (including phenoxy) is 1. The van der Waals surface area contributed by atoms with Crippen molar-refractivity contribution in [3.05, 3.63) is 54.1 Å². The third kappa shape index (κ3) is 2.21. The molecule has 4 fully saturated rings. The van der Waals surface area contributed by atoms with E-state index < -0.39 is 0 Å². The Kier molecular flexibility index (Phi) is 3.26. The maximum Gasteiger partial charge on any atom is 0.118 e. The van der Waals surface area contributed by atoms with Crippen molar-refractivity contribution in [2.75, 3.05) is 7.11 Å². The molecule has 4 aliphatic carbocycles. The van der Waals surface area contributed by atoms with Crippen LogP contribution < -0.4 is 4.74 Å². The van der Waals surface area contributed by atoms with Gasteiger partial charge in [0.05, 0.1) is 7.11 Å². The van der Waals surface area contributed by atoms with Crippen LogP contribution >= 0.6 is 0 Å². The first-order valence-electron chi connectivity index (χ1n) is 9.50. The van der Waals surface area contributed by atoms with Gasteiger partial charge in [0.1, 0.15) is 5.75 Å². The minimum atomic E-state index is 0.450. The van der Waals surface area contributed by atoms with Gasteiger partial charge >= 0.3 is 0 Å². The number of hydrogen-bond donors (Lipinski definition) is 0. The topological polar surface area (TPSA) is 9.23 Å². The Morgan fingerprint density at radius 2 is 1.38 bits per heavy atom. The van der Waals surface area contributed by atoms with Gasteiger partial charge in [-0.05, 0) is 90.5 Å². The molecule has 4 aliphatic rings. The van der Waals surface area contributed by atoms with E-state index in [4.69, 9.17) is 4.74 Å². The maximum atomic E-state index is 5.34. The summed E-state index contributed by atoms with van der Waals surface area (Å²) in [6.45, 7) is 0. The lowest BCUT2D eigenvalue weighted by Crippen LogP contribution is -2.48. The molecule has 0 spiro atoms. The number of methoxy groups -OCH3 is 1. The minimum absolute atomic E-state index is 0.450. The van der Waals surface area contributed by atoms with Gasteiger partial charge in [0.15, 0.2) is 0 Å². The van der Waals surface area contributed by atoms with Crippen LogP contribution in [-0.4, -0.2) is 7.11 Å². The van der Waals surface area contributed by atoms with Gasteiger partial charge in [-0.1, -0.05) is 36.4 Å². The van der Waals surface area contributed by atoms with Gasteiger partial charge in [-0.2, -0.15) is 0 Å². The zero-order valence-corrected chi connectivity index (χ0v) is 14.5. The van der Waals surface area contributed by atoms with E-state index in [9.17, 15) is 0 Å². The molecular formula is C23H26O. The van der Waals surface area contributed by atoms with E-state index in [1.54, 1.807) is 12.7 Å². The van der Waals surface area contributed by atoms with Gasteiger partial charge in [0.2, 0.25) is 0 Å². The molecule has 0 heterocycles. The van der Waals surface area contributed by atoms with Gasteiger partial charge in [-0.3, -0.25) is 0 Å². The Balaban J connectivity index is 1.59. The first kappa shape index (κ1) is 14.6. The summed E-state index contributed by atoms with van der Waals surface area (Å²) < 4.78 is 5.34. The highest BCUT2D eigenvalue weighted by Gasteiger charge is 2.52. The van der Waals surface area contributed by atoms with E-state index in [1.807, 2.05) is 0 Å². The Morgan fingerprint density at radius 1 is 0.792 bits per heavy atom. The number of benzene rings is 2. The highest BCUT2D eigenvalue weighted by Crippen LogP contribution is 2.61. The molecule has 0 aliphatic heterocycles. The van der Waals surface area contributed by atoms with E-state index in [1.165, 1.54) is 49.7 Å². The molecule has 0 N–H and O–H groups in total. The van der Waals surface area contributed by atoms with Crippen LogP contribution in [0.5, 0.6) is 5.75 Å². The van der Waals surface area contributed by atoms with E-state index in [2.05, 4.69) is 48.5 Å². The monoisotopic (exact) mass is 318 g/mol. The van der Waals surface area contributed by atoms with Crippen molar-refractivity contribution in [2.24, 2.45) is 17.8 Å². The predicted octanol–water partition coefficient (Wildman–Crippen LogP) is 5.83. The van der Waals surface area contributed by atoms with E-state index >= 15 is 0 Å². The minimum Gasteiger partial charge on any atom is -0.497 e. The van der Waals surface area contributed by atoms with E-state index in [-0.39, 0.29) is 0 Å². The molecule has 2 aromatic rings. The summed E-state index contributed by atoms with van der Waals surface area (Å²) in [7, 11) is 1.73. The highest BCUT2D eigenvalue weighted by atomic mass is 16.5. The average molecular weight is 318 g/mol. The van der Waals surface area contributed by atoms with Crippen molar-refractivity contribution in [1.29, 1.82) is 0 Å². The largest absolute Gasteiger partial charge is 0.497 e.